The molecule has 0 aromatic rings. The zero-order valence-corrected chi connectivity index (χ0v) is 24.3. The summed E-state index contributed by atoms with van der Waals surface area (Å²) in [6.07, 6.45) is 16.6. The van der Waals surface area contributed by atoms with Gasteiger partial charge in [-0.3, -0.25) is 0 Å². The normalized spacial score (nSPS) is 30.3. The van der Waals surface area contributed by atoms with E-state index in [0.717, 1.165) is 29.6 Å². The lowest BCUT2D eigenvalue weighted by atomic mass is 10.1. The fourth-order valence-corrected chi connectivity index (χ4v) is 3.91. The second-order valence-electron chi connectivity index (χ2n) is 9.85. The van der Waals surface area contributed by atoms with E-state index in [2.05, 4.69) is 74.5 Å². The molecular formula is C30H64O. The molecule has 1 saturated heterocycles. The Hall–Kier alpha value is -0.300. The van der Waals surface area contributed by atoms with Gasteiger partial charge in [0.25, 0.3) is 0 Å². The third-order valence-corrected chi connectivity index (χ3v) is 6.31. The molecule has 1 heteroatoms. The third-order valence-electron chi connectivity index (χ3n) is 6.31. The summed E-state index contributed by atoms with van der Waals surface area (Å²) in [6.45, 7) is 28.2. The van der Waals surface area contributed by atoms with Crippen molar-refractivity contribution in [1.82, 2.24) is 0 Å². The summed E-state index contributed by atoms with van der Waals surface area (Å²) in [5.74, 6) is 4.67. The van der Waals surface area contributed by atoms with Gasteiger partial charge >= 0.3 is 0 Å². The van der Waals surface area contributed by atoms with Crippen molar-refractivity contribution in [2.24, 2.45) is 29.6 Å². The number of ether oxygens (including phenoxy) is 1. The Kier molecular flexibility index (Phi) is 27.7. The van der Waals surface area contributed by atoms with E-state index >= 15 is 0 Å². The summed E-state index contributed by atoms with van der Waals surface area (Å²) in [4.78, 5) is 0. The Morgan fingerprint density at radius 2 is 1.00 bits per heavy atom. The van der Waals surface area contributed by atoms with Crippen molar-refractivity contribution in [1.29, 1.82) is 0 Å². The highest BCUT2D eigenvalue weighted by molar-refractivity contribution is 4.98. The smallest absolute Gasteiger partial charge is 0.0551 e. The molecule has 31 heavy (non-hydrogen) atoms. The maximum absolute atomic E-state index is 5.36. The highest BCUT2D eigenvalue weighted by Gasteiger charge is 2.16. The first-order valence-electron chi connectivity index (χ1n) is 14.0. The molecule has 1 aliphatic heterocycles. The van der Waals surface area contributed by atoms with E-state index in [1.54, 1.807) is 0 Å². The van der Waals surface area contributed by atoms with Gasteiger partial charge in [-0.15, -0.1) is 0 Å². The third kappa shape index (κ3) is 24.2. The van der Waals surface area contributed by atoms with Gasteiger partial charge in [-0.25, -0.2) is 0 Å². The molecular weight excluding hydrogens is 376 g/mol. The zero-order chi connectivity index (χ0) is 24.8. The molecule has 0 aromatic carbocycles. The molecule has 190 valence electrons. The molecule has 0 amide bonds. The summed E-state index contributed by atoms with van der Waals surface area (Å²) in [6, 6.07) is 0. The van der Waals surface area contributed by atoms with Crippen LogP contribution in [0.3, 0.4) is 0 Å². The summed E-state index contributed by atoms with van der Waals surface area (Å²) in [5.41, 5.74) is 0. The van der Waals surface area contributed by atoms with Gasteiger partial charge in [0.2, 0.25) is 0 Å². The standard InChI is InChI=1S/C7H14.C7H12.C6H12O.C6H14.2C2H6/c2*1-6-3-4-7(2)5-6;1-5-3-4-6(2)7-5;1-4-6(3)5-2;2*1-2/h6-7H,3-5H2,1-2H3;3-4,6-7H,5H2,1-2H3;5-6H,3-4H2,1-2H3;6H,4-5H2,1-3H3;2*1-2H3. The Morgan fingerprint density at radius 3 is 1.10 bits per heavy atom. The molecule has 3 aliphatic rings. The van der Waals surface area contributed by atoms with E-state index in [1.165, 1.54) is 51.4 Å². The van der Waals surface area contributed by atoms with Gasteiger partial charge in [-0.05, 0) is 69.1 Å². The lowest BCUT2D eigenvalue weighted by molar-refractivity contribution is 0.0673. The molecule has 1 saturated carbocycles. The topological polar surface area (TPSA) is 9.23 Å². The minimum absolute atomic E-state index is 0.523. The first kappa shape index (κ1) is 35.3. The molecule has 0 N–H and O–H groups in total. The monoisotopic (exact) mass is 440 g/mol. The Bertz CT molecular complexity index is 313. The second kappa shape index (κ2) is 24.3. The highest BCUT2D eigenvalue weighted by Crippen LogP contribution is 2.29. The van der Waals surface area contributed by atoms with E-state index in [-0.39, 0.29) is 0 Å². The van der Waals surface area contributed by atoms with Crippen molar-refractivity contribution in [2.45, 2.75) is 154 Å². The van der Waals surface area contributed by atoms with Crippen LogP contribution in [-0.2, 0) is 4.74 Å². The average Bonchev–Trinajstić information content (AvgIpc) is 3.47. The lowest BCUT2D eigenvalue weighted by Gasteiger charge is -2.01. The van der Waals surface area contributed by atoms with Crippen molar-refractivity contribution in [3.8, 4) is 0 Å². The number of rotatable bonds is 2. The van der Waals surface area contributed by atoms with Gasteiger partial charge in [-0.2, -0.15) is 0 Å². The minimum atomic E-state index is 0.523. The number of hydrogen-bond donors (Lipinski definition) is 0. The van der Waals surface area contributed by atoms with Gasteiger partial charge < -0.3 is 4.74 Å². The highest BCUT2D eigenvalue weighted by atomic mass is 16.5. The summed E-state index contributed by atoms with van der Waals surface area (Å²) >= 11 is 0. The first-order valence-corrected chi connectivity index (χ1v) is 14.0. The van der Waals surface area contributed by atoms with Crippen LogP contribution in [0.25, 0.3) is 0 Å². The molecule has 6 unspecified atom stereocenters. The molecule has 0 radical (unpaired) electrons. The fraction of sp³-hybridized carbons (Fsp3) is 0.933. The van der Waals surface area contributed by atoms with E-state index < -0.39 is 0 Å². The van der Waals surface area contributed by atoms with Crippen LogP contribution >= 0.6 is 0 Å². The van der Waals surface area contributed by atoms with E-state index in [9.17, 15) is 0 Å². The largest absolute Gasteiger partial charge is 0.376 e. The predicted molar refractivity (Wildman–Crippen MR) is 146 cm³/mol. The maximum Gasteiger partial charge on any atom is 0.0551 e. The van der Waals surface area contributed by atoms with Crippen LogP contribution in [0.2, 0.25) is 0 Å². The van der Waals surface area contributed by atoms with Crippen LogP contribution in [0.1, 0.15) is 141 Å². The molecule has 0 aromatic heterocycles. The van der Waals surface area contributed by atoms with Gasteiger partial charge in [0.05, 0.1) is 12.2 Å². The fourth-order valence-electron chi connectivity index (χ4n) is 3.91. The van der Waals surface area contributed by atoms with Gasteiger partial charge in [-0.1, -0.05) is 114 Å². The molecule has 1 heterocycles. The van der Waals surface area contributed by atoms with E-state index in [1.807, 2.05) is 27.7 Å². The van der Waals surface area contributed by atoms with Crippen LogP contribution in [0, 0.1) is 29.6 Å². The maximum atomic E-state index is 5.36. The van der Waals surface area contributed by atoms with Crippen LogP contribution in [0.15, 0.2) is 12.2 Å². The van der Waals surface area contributed by atoms with Crippen molar-refractivity contribution in [2.75, 3.05) is 0 Å². The molecule has 0 bridgehead atoms. The SMILES string of the molecule is CC.CC.CC1C=CC(C)C1.CC1CCC(C)C1.CC1CCC(C)O1.CCC(C)CC. The van der Waals surface area contributed by atoms with Crippen LogP contribution in [0.5, 0.6) is 0 Å². The van der Waals surface area contributed by atoms with Crippen LogP contribution in [0.4, 0.5) is 0 Å². The molecule has 0 spiro atoms. The van der Waals surface area contributed by atoms with Gasteiger partial charge in [0, 0.05) is 0 Å². The van der Waals surface area contributed by atoms with Crippen molar-refractivity contribution < 1.29 is 4.74 Å². The van der Waals surface area contributed by atoms with Crippen molar-refractivity contribution in [3.63, 3.8) is 0 Å². The first-order chi connectivity index (χ1) is 14.7. The average molecular weight is 441 g/mol. The molecule has 3 rings (SSSR count). The van der Waals surface area contributed by atoms with Gasteiger partial charge in [0.15, 0.2) is 0 Å². The summed E-state index contributed by atoms with van der Waals surface area (Å²) in [7, 11) is 0. The van der Waals surface area contributed by atoms with Gasteiger partial charge in [0.1, 0.15) is 0 Å². The van der Waals surface area contributed by atoms with E-state index in [4.69, 9.17) is 4.74 Å². The van der Waals surface area contributed by atoms with E-state index in [0.29, 0.717) is 12.2 Å². The quantitative estimate of drug-likeness (QED) is 0.388. The van der Waals surface area contributed by atoms with Crippen molar-refractivity contribution >= 4 is 0 Å². The molecule has 1 nitrogen and oxygen atoms in total. The molecule has 2 fully saturated rings. The summed E-state index contributed by atoms with van der Waals surface area (Å²) < 4.78 is 5.36. The van der Waals surface area contributed by atoms with Crippen molar-refractivity contribution in [3.05, 3.63) is 12.2 Å². The lowest BCUT2D eigenvalue weighted by Crippen LogP contribution is -2.01. The predicted octanol–water partition coefficient (Wildman–Crippen LogP) is 10.7. The Morgan fingerprint density at radius 1 is 0.645 bits per heavy atom. The minimum Gasteiger partial charge on any atom is -0.376 e. The second-order valence-corrected chi connectivity index (χ2v) is 9.85. The zero-order valence-electron chi connectivity index (χ0n) is 24.3. The summed E-state index contributed by atoms with van der Waals surface area (Å²) in [5, 5.41) is 0. The Balaban J connectivity index is -0.000000320. The Labute approximate surface area is 200 Å². The number of allylic oxidation sites excluding steroid dienone is 2. The number of hydrogen-bond acceptors (Lipinski definition) is 1. The molecule has 6 atom stereocenters. The van der Waals surface area contributed by atoms with Crippen LogP contribution in [-0.4, -0.2) is 12.2 Å². The van der Waals surface area contributed by atoms with Crippen LogP contribution < -0.4 is 0 Å². The molecule has 2 aliphatic carbocycles.